The molecule has 0 saturated carbocycles. The minimum atomic E-state index is -1.86. The Hall–Kier alpha value is -9.53. The van der Waals surface area contributed by atoms with Gasteiger partial charge in [-0.1, -0.05) is 194 Å². The minimum Gasteiger partial charge on any atom is -0.497 e. The highest BCUT2D eigenvalue weighted by atomic mass is 16.8. The van der Waals surface area contributed by atoms with Crippen LogP contribution in [0.15, 0.2) is 231 Å². The Bertz CT molecular complexity index is 3960. The Morgan fingerprint density at radius 3 is 1.16 bits per heavy atom. The molecular weight excluding hydrogens is 1320 g/mol. The number of fused-ring (bicyclic) bond motifs is 1. The predicted octanol–water partition coefficient (Wildman–Crippen LogP) is 10.9. The molecule has 4 aliphatic heterocycles. The van der Waals surface area contributed by atoms with Crippen LogP contribution in [0.3, 0.4) is 0 Å². The van der Waals surface area contributed by atoms with Crippen molar-refractivity contribution in [3.63, 3.8) is 0 Å². The molecule has 0 radical (unpaired) electrons. The number of rotatable bonds is 32. The molecule has 0 N–H and O–H groups in total. The van der Waals surface area contributed by atoms with Gasteiger partial charge in [0, 0.05) is 20.8 Å². The van der Waals surface area contributed by atoms with E-state index in [0.717, 1.165) is 32.7 Å². The predicted molar refractivity (Wildman–Crippen MR) is 370 cm³/mol. The van der Waals surface area contributed by atoms with Crippen molar-refractivity contribution < 1.29 is 99.8 Å². The molecule has 0 unspecified atom stereocenters. The molecule has 0 spiro atoms. The molecule has 22 heteroatoms. The summed E-state index contributed by atoms with van der Waals surface area (Å²) in [5.41, 5.74) is 5.04. The quantitative estimate of drug-likeness (QED) is 0.0216. The molecule has 2 amide bonds. The normalized spacial score (nSPS) is 25.3. The van der Waals surface area contributed by atoms with E-state index in [2.05, 4.69) is 0 Å². The average molecular weight is 1410 g/mol. The van der Waals surface area contributed by atoms with Crippen molar-refractivity contribution in [1.82, 2.24) is 4.90 Å². The lowest BCUT2D eigenvalue weighted by atomic mass is 9.93. The van der Waals surface area contributed by atoms with E-state index in [1.165, 1.54) is 27.9 Å². The maximum atomic E-state index is 15.2. The van der Waals surface area contributed by atoms with E-state index in [9.17, 15) is 14.4 Å². The fourth-order valence-electron chi connectivity index (χ4n) is 12.9. The first-order chi connectivity index (χ1) is 50.3. The van der Waals surface area contributed by atoms with Crippen LogP contribution in [0.5, 0.6) is 11.5 Å². The summed E-state index contributed by atoms with van der Waals surface area (Å²) in [6.07, 6.45) is -20.2. The van der Waals surface area contributed by atoms with Gasteiger partial charge in [0.15, 0.2) is 24.8 Å². The standard InChI is InChI=1S/C81H83NO21/c1-52(83)91-51-67-71(96-53(2)84)74(103-80-75(95-48-60-35-21-10-22-36-60)73(94-47-59-33-19-9-20-34-59)69(92-45-57-29-15-7-16-30-57)65(100-80)49-89-43-55-25-11-5-12-26-55)76(97-54(3)85)81(101-67)102-70-66(50-90-44-56-27-13-6-14-28-56)99-79(98-62-41-39-61(88-4)40-42-62)68(72(70)93-46-58-31-17-8-18-32-58)82-77(86)63-37-23-24-38-64(63)78(82)87/h5-42,65-76,79-81H,43-51H2,1-4H3/t65-,66-,67-,68-,69+,70-,71+,72-,73+,74+,75-,76-,79-,80-,81+/m1/s1. The fraction of sp³-hybridized carbons (Fsp3) is 0.346. The molecule has 538 valence electrons. The van der Waals surface area contributed by atoms with Gasteiger partial charge in [-0.25, -0.2) is 0 Å². The zero-order valence-corrected chi connectivity index (χ0v) is 57.5. The second kappa shape index (κ2) is 36.1. The number of carbonyl (C=O) groups is 5. The number of nitrogens with zero attached hydrogens (tertiary/aromatic N) is 1. The number of ether oxygens (including phenoxy) is 16. The third-order valence-electron chi connectivity index (χ3n) is 17.8. The highest BCUT2D eigenvalue weighted by molar-refractivity contribution is 6.21. The van der Waals surface area contributed by atoms with Gasteiger partial charge < -0.3 is 75.8 Å². The van der Waals surface area contributed by atoms with Crippen LogP contribution in [0.4, 0.5) is 0 Å². The van der Waals surface area contributed by atoms with Crippen molar-refractivity contribution in [2.24, 2.45) is 0 Å². The number of imide groups is 1. The van der Waals surface area contributed by atoms with Gasteiger partial charge in [0.05, 0.1) is 71.1 Å². The summed E-state index contributed by atoms with van der Waals surface area (Å²) in [5, 5.41) is 0. The van der Waals surface area contributed by atoms with Gasteiger partial charge in [-0.05, 0) is 69.8 Å². The molecule has 0 aromatic heterocycles. The molecule has 103 heavy (non-hydrogen) atoms. The molecule has 15 atom stereocenters. The molecule has 4 heterocycles. The van der Waals surface area contributed by atoms with Crippen molar-refractivity contribution >= 4 is 29.7 Å². The van der Waals surface area contributed by atoms with Crippen LogP contribution in [0.2, 0.25) is 0 Å². The number of hydrogen-bond acceptors (Lipinski definition) is 21. The van der Waals surface area contributed by atoms with Gasteiger partial charge in [0.2, 0.25) is 6.29 Å². The summed E-state index contributed by atoms with van der Waals surface area (Å²) in [5.74, 6) is -3.04. The number of hydrogen-bond donors (Lipinski definition) is 0. The van der Waals surface area contributed by atoms with E-state index in [1.54, 1.807) is 48.5 Å². The summed E-state index contributed by atoms with van der Waals surface area (Å²) in [7, 11) is 1.53. The monoisotopic (exact) mass is 1410 g/mol. The Morgan fingerprint density at radius 1 is 0.350 bits per heavy atom. The van der Waals surface area contributed by atoms with Gasteiger partial charge in [-0.2, -0.15) is 0 Å². The van der Waals surface area contributed by atoms with Gasteiger partial charge in [0.1, 0.15) is 79.1 Å². The van der Waals surface area contributed by atoms with Crippen LogP contribution >= 0.6 is 0 Å². The smallest absolute Gasteiger partial charge is 0.303 e. The highest BCUT2D eigenvalue weighted by Gasteiger charge is 2.61. The highest BCUT2D eigenvalue weighted by Crippen LogP contribution is 2.42. The first-order valence-corrected chi connectivity index (χ1v) is 34.2. The lowest BCUT2D eigenvalue weighted by Gasteiger charge is -2.52. The lowest BCUT2D eigenvalue weighted by Crippen LogP contribution is -2.70. The average Bonchev–Trinajstić information content (AvgIpc) is 1.69. The largest absolute Gasteiger partial charge is 0.497 e. The van der Waals surface area contributed by atoms with E-state index in [0.29, 0.717) is 11.3 Å². The second-order valence-corrected chi connectivity index (χ2v) is 25.1. The summed E-state index contributed by atoms with van der Waals surface area (Å²) in [6, 6.07) is 68.4. The van der Waals surface area contributed by atoms with Crippen LogP contribution < -0.4 is 9.47 Å². The molecule has 4 aliphatic rings. The number of benzene rings is 8. The lowest BCUT2D eigenvalue weighted by molar-refractivity contribution is -0.383. The first-order valence-electron chi connectivity index (χ1n) is 34.2. The topological polar surface area (TPSA) is 236 Å². The molecule has 0 bridgehead atoms. The Labute approximate surface area is 597 Å². The third-order valence-corrected chi connectivity index (χ3v) is 17.8. The molecule has 12 rings (SSSR count). The number of amides is 2. The molecular formula is C81H83NO21. The van der Waals surface area contributed by atoms with Crippen molar-refractivity contribution in [2.45, 2.75) is 152 Å². The maximum Gasteiger partial charge on any atom is 0.303 e. The molecule has 3 fully saturated rings. The van der Waals surface area contributed by atoms with Crippen molar-refractivity contribution in [2.75, 3.05) is 26.9 Å². The van der Waals surface area contributed by atoms with E-state index in [1.807, 2.05) is 182 Å². The zero-order chi connectivity index (χ0) is 71.4. The minimum absolute atomic E-state index is 0.0208. The molecule has 8 aromatic rings. The zero-order valence-electron chi connectivity index (χ0n) is 57.5. The molecule has 22 nitrogen and oxygen atoms in total. The van der Waals surface area contributed by atoms with Gasteiger partial charge in [-0.15, -0.1) is 0 Å². The van der Waals surface area contributed by atoms with Crippen LogP contribution in [0.1, 0.15) is 74.9 Å². The first kappa shape index (κ1) is 73.2. The van der Waals surface area contributed by atoms with Crippen LogP contribution in [-0.4, -0.2) is 154 Å². The SMILES string of the molecule is COc1ccc(O[C@@H]2O[C@H](COCc3ccccc3)[C@@H](O[C@@H]3O[C@H](COC(C)=O)[C@H](OC(C)=O)[C@H](O[C@H]4O[C@H](COCc5ccccc5)[C@H](OCc5ccccc5)[C@H](OCc5ccccc5)[C@H]4OCc4ccccc4)[C@H]3OC(C)=O)[C@H](OCc3ccccc3)[C@H]2N2C(=O)c3ccccc3C2=O)cc1. The van der Waals surface area contributed by atoms with E-state index >= 15 is 9.59 Å². The summed E-state index contributed by atoms with van der Waals surface area (Å²) < 4.78 is 108. The van der Waals surface area contributed by atoms with Gasteiger partial charge in [-0.3, -0.25) is 28.9 Å². The van der Waals surface area contributed by atoms with E-state index in [4.69, 9.17) is 75.8 Å². The van der Waals surface area contributed by atoms with Crippen LogP contribution in [0, 0.1) is 0 Å². The fourth-order valence-corrected chi connectivity index (χ4v) is 12.9. The second-order valence-electron chi connectivity index (χ2n) is 25.1. The Kier molecular flexibility index (Phi) is 25.6. The molecule has 3 saturated heterocycles. The summed E-state index contributed by atoms with van der Waals surface area (Å²) in [4.78, 5) is 72.6. The number of carbonyl (C=O) groups excluding carboxylic acids is 5. The number of methoxy groups -OCH3 is 1. The third kappa shape index (κ3) is 19.2. The Morgan fingerprint density at radius 2 is 0.709 bits per heavy atom. The van der Waals surface area contributed by atoms with E-state index in [-0.39, 0.29) is 69.7 Å². The summed E-state index contributed by atoms with van der Waals surface area (Å²) in [6.45, 7) is 2.79. The Balaban J connectivity index is 0.995. The van der Waals surface area contributed by atoms with Crippen molar-refractivity contribution in [3.05, 3.63) is 275 Å². The molecule has 8 aromatic carbocycles. The van der Waals surface area contributed by atoms with Gasteiger partial charge >= 0.3 is 17.9 Å². The number of esters is 3. The molecule has 0 aliphatic carbocycles. The van der Waals surface area contributed by atoms with Crippen molar-refractivity contribution in [1.29, 1.82) is 0 Å². The maximum absolute atomic E-state index is 15.2. The van der Waals surface area contributed by atoms with Crippen LogP contribution in [0.25, 0.3) is 0 Å². The van der Waals surface area contributed by atoms with Crippen molar-refractivity contribution in [3.8, 4) is 11.5 Å². The summed E-state index contributed by atoms with van der Waals surface area (Å²) >= 11 is 0. The van der Waals surface area contributed by atoms with Gasteiger partial charge in [0.25, 0.3) is 11.8 Å². The van der Waals surface area contributed by atoms with E-state index < -0.39 is 128 Å². The van der Waals surface area contributed by atoms with Crippen LogP contribution in [-0.2, 0) is 120 Å².